The van der Waals surface area contributed by atoms with E-state index in [9.17, 15) is 4.39 Å². The molecule has 2 aromatic heterocycles. The molecule has 0 aliphatic carbocycles. The van der Waals surface area contributed by atoms with Crippen molar-refractivity contribution in [3.63, 3.8) is 0 Å². The van der Waals surface area contributed by atoms with Gasteiger partial charge >= 0.3 is 0 Å². The third kappa shape index (κ3) is 1.79. The van der Waals surface area contributed by atoms with Crippen LogP contribution in [0, 0.1) is 17.1 Å². The lowest BCUT2D eigenvalue weighted by atomic mass is 10.2. The van der Waals surface area contributed by atoms with Crippen molar-refractivity contribution in [1.82, 2.24) is 15.0 Å². The second kappa shape index (κ2) is 3.90. The van der Waals surface area contributed by atoms with E-state index in [1.165, 1.54) is 18.5 Å². The molecule has 2 heterocycles. The quantitative estimate of drug-likeness (QED) is 0.770. The Hall–Kier alpha value is -2.55. The molecular weight excluding hydrogens is 209 g/mol. The Morgan fingerprint density at radius 3 is 2.81 bits per heavy atom. The maximum Gasteiger partial charge on any atom is 0.183 e. The van der Waals surface area contributed by atoms with Crippen molar-refractivity contribution in [3.8, 4) is 17.3 Å². The maximum atomic E-state index is 12.9. The molecule has 0 aliphatic heterocycles. The van der Waals surface area contributed by atoms with Crippen molar-refractivity contribution >= 4 is 5.82 Å². The molecule has 0 radical (unpaired) electrons. The number of anilines is 1. The first-order valence-corrected chi connectivity index (χ1v) is 4.34. The molecule has 0 spiro atoms. The summed E-state index contributed by atoms with van der Waals surface area (Å²) in [6.07, 6.45) is 3.89. The van der Waals surface area contributed by atoms with Crippen molar-refractivity contribution in [2.75, 3.05) is 5.73 Å². The van der Waals surface area contributed by atoms with E-state index in [4.69, 9.17) is 11.0 Å². The van der Waals surface area contributed by atoms with Crippen LogP contribution in [-0.2, 0) is 0 Å². The molecule has 0 unspecified atom stereocenters. The highest BCUT2D eigenvalue weighted by atomic mass is 19.1. The topological polar surface area (TPSA) is 88.5 Å². The number of hydrogen-bond acceptors (Lipinski definition) is 5. The molecule has 5 nitrogen and oxygen atoms in total. The minimum Gasteiger partial charge on any atom is -0.381 e. The number of nitrogen functional groups attached to an aromatic ring is 1. The van der Waals surface area contributed by atoms with Crippen molar-refractivity contribution < 1.29 is 4.39 Å². The van der Waals surface area contributed by atoms with Crippen LogP contribution in [0.5, 0.6) is 0 Å². The number of nitrogens with zero attached hydrogens (tertiary/aromatic N) is 4. The van der Waals surface area contributed by atoms with Crippen LogP contribution in [0.25, 0.3) is 11.3 Å². The minimum absolute atomic E-state index is 0.0155. The highest BCUT2D eigenvalue weighted by molar-refractivity contribution is 5.59. The Labute approximate surface area is 90.4 Å². The summed E-state index contributed by atoms with van der Waals surface area (Å²) in [6.45, 7) is 0. The molecule has 78 valence electrons. The zero-order chi connectivity index (χ0) is 11.5. The molecule has 2 N–H and O–H groups in total. The van der Waals surface area contributed by atoms with Crippen molar-refractivity contribution in [2.24, 2.45) is 0 Å². The van der Waals surface area contributed by atoms with Gasteiger partial charge in [-0.05, 0) is 6.07 Å². The molecular formula is C10H6FN5. The van der Waals surface area contributed by atoms with Gasteiger partial charge in [0, 0.05) is 11.8 Å². The van der Waals surface area contributed by atoms with Gasteiger partial charge in [-0.3, -0.25) is 4.98 Å². The minimum atomic E-state index is -0.477. The van der Waals surface area contributed by atoms with Gasteiger partial charge in [-0.15, -0.1) is 0 Å². The number of hydrogen-bond donors (Lipinski definition) is 1. The van der Waals surface area contributed by atoms with Gasteiger partial charge in [-0.2, -0.15) is 5.26 Å². The summed E-state index contributed by atoms with van der Waals surface area (Å²) in [5, 5.41) is 8.72. The summed E-state index contributed by atoms with van der Waals surface area (Å²) in [7, 11) is 0. The Kier molecular flexibility index (Phi) is 2.44. The monoisotopic (exact) mass is 215 g/mol. The number of nitrogens with two attached hydrogens (primary N) is 1. The normalized spacial score (nSPS) is 9.75. The molecule has 0 saturated heterocycles. The van der Waals surface area contributed by atoms with E-state index in [0.29, 0.717) is 11.3 Å². The summed E-state index contributed by atoms with van der Waals surface area (Å²) in [5.41, 5.74) is 6.24. The van der Waals surface area contributed by atoms with Crippen LogP contribution in [-0.4, -0.2) is 15.0 Å². The summed E-state index contributed by atoms with van der Waals surface area (Å²) in [6, 6.07) is 3.07. The predicted octanol–water partition coefficient (Wildman–Crippen LogP) is 1.13. The van der Waals surface area contributed by atoms with Gasteiger partial charge < -0.3 is 5.73 Å². The van der Waals surface area contributed by atoms with Gasteiger partial charge in [0.25, 0.3) is 0 Å². The molecule has 0 aliphatic rings. The Morgan fingerprint density at radius 1 is 1.31 bits per heavy atom. The van der Waals surface area contributed by atoms with E-state index >= 15 is 0 Å². The first-order chi connectivity index (χ1) is 7.70. The Balaban J connectivity index is 2.54. The van der Waals surface area contributed by atoms with Crippen molar-refractivity contribution in [1.29, 1.82) is 5.26 Å². The Morgan fingerprint density at radius 2 is 2.12 bits per heavy atom. The largest absolute Gasteiger partial charge is 0.381 e. The van der Waals surface area contributed by atoms with Gasteiger partial charge in [0.15, 0.2) is 11.5 Å². The van der Waals surface area contributed by atoms with Crippen LogP contribution in [0.4, 0.5) is 10.2 Å². The number of nitriles is 1. The van der Waals surface area contributed by atoms with Gasteiger partial charge in [0.2, 0.25) is 0 Å². The second-order valence-corrected chi connectivity index (χ2v) is 2.99. The molecule has 0 amide bonds. The maximum absolute atomic E-state index is 12.9. The standard InChI is InChI=1S/C10H6FN5/c11-7-1-6(3-14-4-7)9-5-15-10(13)8(2-12)16-9/h1,3-5H,(H2,13,15). The summed E-state index contributed by atoms with van der Waals surface area (Å²) in [5.74, 6) is -0.426. The van der Waals surface area contributed by atoms with E-state index in [1.807, 2.05) is 6.07 Å². The van der Waals surface area contributed by atoms with E-state index in [2.05, 4.69) is 15.0 Å². The first kappa shape index (κ1) is 9.98. The van der Waals surface area contributed by atoms with Gasteiger partial charge in [0.05, 0.1) is 18.1 Å². The van der Waals surface area contributed by atoms with E-state index in [-0.39, 0.29) is 11.5 Å². The highest BCUT2D eigenvalue weighted by Gasteiger charge is 2.06. The Bertz CT molecular complexity index is 576. The number of halogens is 1. The second-order valence-electron chi connectivity index (χ2n) is 2.99. The fourth-order valence-corrected chi connectivity index (χ4v) is 1.17. The van der Waals surface area contributed by atoms with Gasteiger partial charge in [-0.25, -0.2) is 14.4 Å². The van der Waals surface area contributed by atoms with E-state index < -0.39 is 5.82 Å². The van der Waals surface area contributed by atoms with Crippen LogP contribution in [0.2, 0.25) is 0 Å². The zero-order valence-corrected chi connectivity index (χ0v) is 8.05. The number of aromatic nitrogens is 3. The third-order valence-electron chi connectivity index (χ3n) is 1.91. The third-order valence-corrected chi connectivity index (χ3v) is 1.91. The van der Waals surface area contributed by atoms with Crippen LogP contribution in [0.3, 0.4) is 0 Å². The SMILES string of the molecule is N#Cc1nc(-c2cncc(F)c2)cnc1N. The number of pyridine rings is 1. The molecule has 0 fully saturated rings. The number of rotatable bonds is 1. The molecule has 0 saturated carbocycles. The fraction of sp³-hybridized carbons (Fsp3) is 0. The highest BCUT2D eigenvalue weighted by Crippen LogP contribution is 2.17. The average Bonchev–Trinajstić information content (AvgIpc) is 2.29. The smallest absolute Gasteiger partial charge is 0.183 e. The summed E-state index contributed by atoms with van der Waals surface area (Å²) < 4.78 is 12.9. The van der Waals surface area contributed by atoms with Crippen molar-refractivity contribution in [3.05, 3.63) is 36.2 Å². The molecule has 16 heavy (non-hydrogen) atoms. The summed E-state index contributed by atoms with van der Waals surface area (Å²) >= 11 is 0. The molecule has 0 aromatic carbocycles. The lowest BCUT2D eigenvalue weighted by molar-refractivity contribution is 0.622. The molecule has 2 aromatic rings. The molecule has 0 bridgehead atoms. The van der Waals surface area contributed by atoms with Crippen LogP contribution in [0.15, 0.2) is 24.7 Å². The lowest BCUT2D eigenvalue weighted by Crippen LogP contribution is -1.99. The van der Waals surface area contributed by atoms with E-state index in [0.717, 1.165) is 6.20 Å². The molecule has 0 atom stereocenters. The van der Waals surface area contributed by atoms with Crippen LogP contribution in [0.1, 0.15) is 5.69 Å². The summed E-state index contributed by atoms with van der Waals surface area (Å²) in [4.78, 5) is 11.4. The predicted molar refractivity (Wildman–Crippen MR) is 54.3 cm³/mol. The zero-order valence-electron chi connectivity index (χ0n) is 8.05. The molecule has 6 heteroatoms. The molecule has 2 rings (SSSR count). The van der Waals surface area contributed by atoms with Crippen LogP contribution < -0.4 is 5.73 Å². The van der Waals surface area contributed by atoms with Gasteiger partial charge in [0.1, 0.15) is 11.9 Å². The average molecular weight is 215 g/mol. The first-order valence-electron chi connectivity index (χ1n) is 4.34. The fourth-order valence-electron chi connectivity index (χ4n) is 1.17. The van der Waals surface area contributed by atoms with E-state index in [1.54, 1.807) is 0 Å². The lowest BCUT2D eigenvalue weighted by Gasteiger charge is -2.01. The van der Waals surface area contributed by atoms with Gasteiger partial charge in [-0.1, -0.05) is 0 Å². The van der Waals surface area contributed by atoms with Crippen LogP contribution >= 0.6 is 0 Å². The van der Waals surface area contributed by atoms with Crippen molar-refractivity contribution in [2.45, 2.75) is 0 Å².